The number of carbonyl (C=O) groups is 2. The molecule has 0 radical (unpaired) electrons. The molecule has 0 fully saturated rings. The van der Waals surface area contributed by atoms with E-state index in [0.717, 1.165) is 11.1 Å². The third kappa shape index (κ3) is 4.64. The van der Waals surface area contributed by atoms with E-state index in [-0.39, 0.29) is 16.7 Å². The summed E-state index contributed by atoms with van der Waals surface area (Å²) in [6.45, 7) is 0. The molecular weight excluding hydrogens is 416 g/mol. The fourth-order valence-electron chi connectivity index (χ4n) is 3.04. The van der Waals surface area contributed by atoms with E-state index < -0.39 is 12.0 Å². The second-order valence-corrected chi connectivity index (χ2v) is 7.54. The molecule has 0 spiro atoms. The minimum absolute atomic E-state index is 0.149. The fraction of sp³-hybridized carbons (Fsp3) is 0.143. The molecule has 4 rings (SSSR count). The summed E-state index contributed by atoms with van der Waals surface area (Å²) in [5, 5.41) is 14.3. The molecule has 0 saturated carbocycles. The molecule has 156 valence electrons. The maximum atomic E-state index is 13.1. The summed E-state index contributed by atoms with van der Waals surface area (Å²) in [4.78, 5) is 30.3. The van der Waals surface area contributed by atoms with Crippen molar-refractivity contribution in [1.82, 2.24) is 25.2 Å². The highest BCUT2D eigenvalue weighted by Gasteiger charge is 2.26. The Balaban J connectivity index is 1.63. The molecule has 1 N–H and O–H groups in total. The molecule has 0 aliphatic carbocycles. The van der Waals surface area contributed by atoms with Crippen LogP contribution in [0.1, 0.15) is 22.1 Å². The first-order valence-corrected chi connectivity index (χ1v) is 10.2. The smallest absolute Gasteiger partial charge is 0.358 e. The molecule has 9 nitrogen and oxygen atoms in total. The van der Waals surface area contributed by atoms with E-state index in [1.54, 1.807) is 0 Å². The van der Waals surface area contributed by atoms with Gasteiger partial charge in [-0.15, -0.1) is 5.10 Å². The minimum atomic E-state index is -0.692. The van der Waals surface area contributed by atoms with Crippen molar-refractivity contribution in [3.05, 3.63) is 78.2 Å². The number of benzene rings is 2. The van der Waals surface area contributed by atoms with Crippen LogP contribution in [0.4, 0.5) is 5.13 Å². The summed E-state index contributed by atoms with van der Waals surface area (Å²) >= 11 is 1.20. The van der Waals surface area contributed by atoms with Crippen molar-refractivity contribution in [2.24, 2.45) is 0 Å². The van der Waals surface area contributed by atoms with Crippen LogP contribution in [-0.4, -0.2) is 44.2 Å². The van der Waals surface area contributed by atoms with Crippen LogP contribution >= 0.6 is 11.3 Å². The molecule has 1 unspecified atom stereocenters. The Bertz CT molecular complexity index is 1160. The van der Waals surface area contributed by atoms with Gasteiger partial charge in [-0.1, -0.05) is 72.0 Å². The van der Waals surface area contributed by atoms with E-state index in [1.165, 1.54) is 29.5 Å². The zero-order valence-electron chi connectivity index (χ0n) is 16.5. The Kier molecular flexibility index (Phi) is 6.08. The SMILES string of the molecule is COC(=O)c1nc(NC(=O)C(Cc2ccccc2)n2cnnn2)sc1-c1ccccc1. The zero-order chi connectivity index (χ0) is 21.6. The van der Waals surface area contributed by atoms with Gasteiger partial charge in [0.2, 0.25) is 0 Å². The van der Waals surface area contributed by atoms with Gasteiger partial charge in [0.15, 0.2) is 10.8 Å². The fourth-order valence-corrected chi connectivity index (χ4v) is 4.00. The number of amides is 1. The number of carbonyl (C=O) groups excluding carboxylic acids is 2. The predicted molar refractivity (Wildman–Crippen MR) is 115 cm³/mol. The van der Waals surface area contributed by atoms with Crippen molar-refractivity contribution in [1.29, 1.82) is 0 Å². The summed E-state index contributed by atoms with van der Waals surface area (Å²) in [6.07, 6.45) is 1.78. The van der Waals surface area contributed by atoms with Crippen molar-refractivity contribution < 1.29 is 14.3 Å². The summed E-state index contributed by atoms with van der Waals surface area (Å²) in [7, 11) is 1.29. The van der Waals surface area contributed by atoms with Crippen LogP contribution in [0.5, 0.6) is 0 Å². The normalized spacial score (nSPS) is 11.6. The van der Waals surface area contributed by atoms with Crippen molar-refractivity contribution in [2.75, 3.05) is 12.4 Å². The van der Waals surface area contributed by atoms with Crippen molar-refractivity contribution in [3.8, 4) is 10.4 Å². The summed E-state index contributed by atoms with van der Waals surface area (Å²) < 4.78 is 6.26. The summed E-state index contributed by atoms with van der Waals surface area (Å²) in [5.74, 6) is -0.919. The lowest BCUT2D eigenvalue weighted by molar-refractivity contribution is -0.119. The molecule has 0 bridgehead atoms. The Morgan fingerprint density at radius 3 is 2.45 bits per heavy atom. The first-order chi connectivity index (χ1) is 15.2. The van der Waals surface area contributed by atoms with Gasteiger partial charge in [-0.05, 0) is 21.6 Å². The van der Waals surface area contributed by atoms with Gasteiger partial charge < -0.3 is 10.1 Å². The Morgan fingerprint density at radius 1 is 1.10 bits per heavy atom. The molecule has 1 atom stereocenters. The van der Waals surface area contributed by atoms with Gasteiger partial charge >= 0.3 is 5.97 Å². The second-order valence-electron chi connectivity index (χ2n) is 6.54. The minimum Gasteiger partial charge on any atom is -0.464 e. The topological polar surface area (TPSA) is 112 Å². The number of hydrogen-bond donors (Lipinski definition) is 1. The molecule has 10 heteroatoms. The number of esters is 1. The highest BCUT2D eigenvalue weighted by Crippen LogP contribution is 2.34. The standard InChI is InChI=1S/C21H18N6O3S/c1-30-20(29)17-18(15-10-6-3-7-11-15)31-21(23-17)24-19(28)16(27-13-22-25-26-27)12-14-8-4-2-5-9-14/h2-11,13,16H,12H2,1H3,(H,23,24,28). The molecule has 2 aromatic carbocycles. The van der Waals surface area contributed by atoms with Gasteiger partial charge in [0, 0.05) is 6.42 Å². The molecule has 0 saturated heterocycles. The van der Waals surface area contributed by atoms with Crippen LogP contribution in [0, 0.1) is 0 Å². The monoisotopic (exact) mass is 434 g/mol. The van der Waals surface area contributed by atoms with E-state index in [9.17, 15) is 9.59 Å². The maximum Gasteiger partial charge on any atom is 0.358 e. The van der Waals surface area contributed by atoms with E-state index >= 15 is 0 Å². The molecule has 1 amide bonds. The number of thiazole rings is 1. The molecule has 2 heterocycles. The lowest BCUT2D eigenvalue weighted by Gasteiger charge is -2.15. The van der Waals surface area contributed by atoms with Crippen molar-refractivity contribution in [3.63, 3.8) is 0 Å². The van der Waals surface area contributed by atoms with Gasteiger partial charge in [-0.2, -0.15) is 0 Å². The van der Waals surface area contributed by atoms with Crippen LogP contribution in [0.15, 0.2) is 67.0 Å². The number of hydrogen-bond acceptors (Lipinski definition) is 8. The lowest BCUT2D eigenvalue weighted by atomic mass is 10.1. The first kappa shape index (κ1) is 20.4. The number of aromatic nitrogens is 5. The number of methoxy groups -OCH3 is 1. The number of rotatable bonds is 7. The third-order valence-corrected chi connectivity index (χ3v) is 5.55. The van der Waals surface area contributed by atoms with Crippen LogP contribution in [-0.2, 0) is 16.0 Å². The molecule has 0 aliphatic rings. The number of nitrogens with zero attached hydrogens (tertiary/aromatic N) is 5. The van der Waals surface area contributed by atoms with Gasteiger partial charge in [-0.3, -0.25) is 4.79 Å². The van der Waals surface area contributed by atoms with Crippen LogP contribution in [0.2, 0.25) is 0 Å². The van der Waals surface area contributed by atoms with Crippen LogP contribution in [0.3, 0.4) is 0 Å². The second kappa shape index (κ2) is 9.26. The number of anilines is 1. The summed E-state index contributed by atoms with van der Waals surface area (Å²) in [6, 6.07) is 18.2. The molecule has 4 aromatic rings. The Hall–Kier alpha value is -3.92. The predicted octanol–water partition coefficient (Wildman–Crippen LogP) is 3.01. The van der Waals surface area contributed by atoms with Gasteiger partial charge in [-0.25, -0.2) is 14.5 Å². The molecule has 0 aliphatic heterocycles. The van der Waals surface area contributed by atoms with Crippen molar-refractivity contribution >= 4 is 28.3 Å². The third-order valence-electron chi connectivity index (χ3n) is 4.53. The largest absolute Gasteiger partial charge is 0.464 e. The molecular formula is C21H18N6O3S. The summed E-state index contributed by atoms with van der Waals surface area (Å²) in [5.41, 5.74) is 1.91. The maximum absolute atomic E-state index is 13.1. The van der Waals surface area contributed by atoms with Gasteiger partial charge in [0.25, 0.3) is 5.91 Å². The number of ether oxygens (including phenoxy) is 1. The quantitative estimate of drug-likeness (QED) is 0.445. The van der Waals surface area contributed by atoms with Gasteiger partial charge in [0.1, 0.15) is 12.4 Å². The lowest BCUT2D eigenvalue weighted by Crippen LogP contribution is -2.28. The van der Waals surface area contributed by atoms with Crippen molar-refractivity contribution in [2.45, 2.75) is 12.5 Å². The number of tetrazole rings is 1. The molecule has 31 heavy (non-hydrogen) atoms. The zero-order valence-corrected chi connectivity index (χ0v) is 17.3. The van der Waals surface area contributed by atoms with Crippen LogP contribution in [0.25, 0.3) is 10.4 Å². The van der Waals surface area contributed by atoms with E-state index in [2.05, 4.69) is 25.8 Å². The highest BCUT2D eigenvalue weighted by molar-refractivity contribution is 7.19. The average Bonchev–Trinajstić information content (AvgIpc) is 3.48. The van der Waals surface area contributed by atoms with E-state index in [4.69, 9.17) is 4.74 Å². The Labute approximate surface area is 181 Å². The van der Waals surface area contributed by atoms with Crippen LogP contribution < -0.4 is 5.32 Å². The molecule has 2 aromatic heterocycles. The van der Waals surface area contributed by atoms with Gasteiger partial charge in [0.05, 0.1) is 12.0 Å². The first-order valence-electron chi connectivity index (χ1n) is 9.37. The Morgan fingerprint density at radius 2 is 1.81 bits per heavy atom. The highest BCUT2D eigenvalue weighted by atomic mass is 32.1. The van der Waals surface area contributed by atoms with E-state index in [0.29, 0.717) is 11.3 Å². The average molecular weight is 434 g/mol. The van der Waals surface area contributed by atoms with E-state index in [1.807, 2.05) is 60.7 Å². The number of nitrogens with one attached hydrogen (secondary N) is 1.